The van der Waals surface area contributed by atoms with Gasteiger partial charge in [-0.05, 0) is 36.8 Å². The van der Waals surface area contributed by atoms with Gasteiger partial charge < -0.3 is 4.74 Å². The highest BCUT2D eigenvalue weighted by molar-refractivity contribution is 5.25. The molecule has 1 saturated carbocycles. The summed E-state index contributed by atoms with van der Waals surface area (Å²) in [5.74, 6) is 3.22. The maximum atomic E-state index is 5.10. The van der Waals surface area contributed by atoms with E-state index >= 15 is 0 Å². The molecule has 1 fully saturated rings. The Bertz CT molecular complexity index is 318. The Morgan fingerprint density at radius 1 is 1.47 bits per heavy atom. The van der Waals surface area contributed by atoms with E-state index in [4.69, 9.17) is 4.74 Å². The molecule has 1 heterocycles. The number of nitrogens with zero attached hydrogens (tertiary/aromatic N) is 1. The standard InChI is InChI=1S/C13H19NO/c1-9(2)6-10-7-12(10)13-5-4-11(15-3)8-14-13/h4-5,8-10,12H,6-7H2,1-3H3/t10-,12-/m0/s1. The summed E-state index contributed by atoms with van der Waals surface area (Å²) in [6, 6.07) is 4.11. The third-order valence-corrected chi connectivity index (χ3v) is 3.07. The molecule has 0 unspecified atom stereocenters. The molecular weight excluding hydrogens is 186 g/mol. The molecule has 1 aromatic heterocycles. The fourth-order valence-electron chi connectivity index (χ4n) is 2.21. The van der Waals surface area contributed by atoms with Crippen molar-refractivity contribution in [2.24, 2.45) is 11.8 Å². The van der Waals surface area contributed by atoms with Gasteiger partial charge in [-0.15, -0.1) is 0 Å². The molecule has 0 radical (unpaired) electrons. The van der Waals surface area contributed by atoms with Gasteiger partial charge in [-0.1, -0.05) is 13.8 Å². The average Bonchev–Trinajstić information content (AvgIpc) is 2.96. The number of hydrogen-bond acceptors (Lipinski definition) is 2. The number of aromatic nitrogens is 1. The molecule has 0 aliphatic heterocycles. The van der Waals surface area contributed by atoms with Crippen LogP contribution in [0.25, 0.3) is 0 Å². The molecule has 0 saturated heterocycles. The quantitative estimate of drug-likeness (QED) is 0.752. The SMILES string of the molecule is COc1ccc([C@H]2C[C@@H]2CC(C)C)nc1. The van der Waals surface area contributed by atoms with Crippen LogP contribution in [-0.2, 0) is 0 Å². The van der Waals surface area contributed by atoms with Crippen molar-refractivity contribution in [3.05, 3.63) is 24.0 Å². The number of methoxy groups -OCH3 is 1. The molecule has 2 nitrogen and oxygen atoms in total. The van der Waals surface area contributed by atoms with Crippen LogP contribution in [0.3, 0.4) is 0 Å². The van der Waals surface area contributed by atoms with Gasteiger partial charge in [0.15, 0.2) is 0 Å². The lowest BCUT2D eigenvalue weighted by atomic mass is 10.0. The number of pyridine rings is 1. The zero-order chi connectivity index (χ0) is 10.8. The smallest absolute Gasteiger partial charge is 0.137 e. The van der Waals surface area contributed by atoms with Crippen molar-refractivity contribution in [3.8, 4) is 5.75 Å². The minimum atomic E-state index is 0.707. The molecular formula is C13H19NO. The molecule has 2 atom stereocenters. The molecule has 0 N–H and O–H groups in total. The van der Waals surface area contributed by atoms with E-state index in [0.29, 0.717) is 5.92 Å². The third-order valence-electron chi connectivity index (χ3n) is 3.07. The van der Waals surface area contributed by atoms with E-state index in [9.17, 15) is 0 Å². The highest BCUT2D eigenvalue weighted by Gasteiger charge is 2.39. The molecule has 0 spiro atoms. The van der Waals surface area contributed by atoms with Crippen LogP contribution in [0.1, 0.15) is 38.3 Å². The largest absolute Gasteiger partial charge is 0.495 e. The molecule has 0 aromatic carbocycles. The highest BCUT2D eigenvalue weighted by atomic mass is 16.5. The van der Waals surface area contributed by atoms with Crippen LogP contribution >= 0.6 is 0 Å². The molecule has 0 bridgehead atoms. The molecule has 1 aromatic rings. The fourth-order valence-corrected chi connectivity index (χ4v) is 2.21. The second-order valence-electron chi connectivity index (χ2n) is 4.85. The first-order chi connectivity index (χ1) is 7.20. The van der Waals surface area contributed by atoms with Gasteiger partial charge in [0.25, 0.3) is 0 Å². The van der Waals surface area contributed by atoms with Gasteiger partial charge in [-0.2, -0.15) is 0 Å². The Morgan fingerprint density at radius 3 is 2.80 bits per heavy atom. The Morgan fingerprint density at radius 2 is 2.27 bits per heavy atom. The van der Waals surface area contributed by atoms with Crippen LogP contribution in [0.5, 0.6) is 5.75 Å². The highest BCUT2D eigenvalue weighted by Crippen LogP contribution is 2.50. The van der Waals surface area contributed by atoms with Crippen molar-refractivity contribution in [2.75, 3.05) is 7.11 Å². The second-order valence-corrected chi connectivity index (χ2v) is 4.85. The van der Waals surface area contributed by atoms with E-state index in [-0.39, 0.29) is 0 Å². The predicted molar refractivity (Wildman–Crippen MR) is 61.1 cm³/mol. The first kappa shape index (κ1) is 10.5. The average molecular weight is 205 g/mol. The summed E-state index contributed by atoms with van der Waals surface area (Å²) >= 11 is 0. The second kappa shape index (κ2) is 4.21. The third kappa shape index (κ3) is 2.49. The van der Waals surface area contributed by atoms with Gasteiger partial charge in [-0.3, -0.25) is 4.98 Å². The Balaban J connectivity index is 1.95. The van der Waals surface area contributed by atoms with E-state index in [0.717, 1.165) is 17.6 Å². The lowest BCUT2D eigenvalue weighted by Crippen LogP contribution is -1.93. The molecule has 2 rings (SSSR count). The summed E-state index contributed by atoms with van der Waals surface area (Å²) in [6.07, 6.45) is 4.47. The normalized spacial score (nSPS) is 24.3. The van der Waals surface area contributed by atoms with Crippen molar-refractivity contribution in [1.82, 2.24) is 4.98 Å². The van der Waals surface area contributed by atoms with Crippen molar-refractivity contribution in [3.63, 3.8) is 0 Å². The van der Waals surface area contributed by atoms with Crippen LogP contribution in [-0.4, -0.2) is 12.1 Å². The van der Waals surface area contributed by atoms with Crippen LogP contribution in [0.15, 0.2) is 18.3 Å². The molecule has 82 valence electrons. The molecule has 1 aliphatic carbocycles. The maximum Gasteiger partial charge on any atom is 0.137 e. The number of rotatable bonds is 4. The van der Waals surface area contributed by atoms with Crippen molar-refractivity contribution in [1.29, 1.82) is 0 Å². The first-order valence-corrected chi connectivity index (χ1v) is 5.70. The zero-order valence-corrected chi connectivity index (χ0v) is 9.73. The van der Waals surface area contributed by atoms with Crippen LogP contribution < -0.4 is 4.74 Å². The van der Waals surface area contributed by atoms with Crippen molar-refractivity contribution in [2.45, 2.75) is 32.6 Å². The van der Waals surface area contributed by atoms with E-state index in [1.165, 1.54) is 18.5 Å². The van der Waals surface area contributed by atoms with Gasteiger partial charge >= 0.3 is 0 Å². The van der Waals surface area contributed by atoms with E-state index in [2.05, 4.69) is 24.9 Å². The molecule has 1 aliphatic rings. The van der Waals surface area contributed by atoms with Crippen LogP contribution in [0, 0.1) is 11.8 Å². The lowest BCUT2D eigenvalue weighted by molar-refractivity contribution is 0.412. The Kier molecular flexibility index (Phi) is 2.94. The maximum absolute atomic E-state index is 5.10. The number of hydrogen-bond donors (Lipinski definition) is 0. The van der Waals surface area contributed by atoms with Crippen molar-refractivity contribution >= 4 is 0 Å². The summed E-state index contributed by atoms with van der Waals surface area (Å²) in [5.41, 5.74) is 1.24. The fraction of sp³-hybridized carbons (Fsp3) is 0.615. The number of ether oxygens (including phenoxy) is 1. The molecule has 2 heteroatoms. The van der Waals surface area contributed by atoms with Gasteiger partial charge in [-0.25, -0.2) is 0 Å². The summed E-state index contributed by atoms with van der Waals surface area (Å²) in [6.45, 7) is 4.58. The minimum Gasteiger partial charge on any atom is -0.495 e. The minimum absolute atomic E-state index is 0.707. The monoisotopic (exact) mass is 205 g/mol. The van der Waals surface area contributed by atoms with Crippen LogP contribution in [0.4, 0.5) is 0 Å². The Hall–Kier alpha value is -1.05. The Labute approximate surface area is 91.7 Å². The summed E-state index contributed by atoms with van der Waals surface area (Å²) in [7, 11) is 1.68. The van der Waals surface area contributed by atoms with Crippen LogP contribution in [0.2, 0.25) is 0 Å². The predicted octanol–water partition coefficient (Wildman–Crippen LogP) is 3.24. The van der Waals surface area contributed by atoms with E-state index < -0.39 is 0 Å². The molecule has 15 heavy (non-hydrogen) atoms. The zero-order valence-electron chi connectivity index (χ0n) is 9.73. The van der Waals surface area contributed by atoms with Gasteiger partial charge in [0.2, 0.25) is 0 Å². The summed E-state index contributed by atoms with van der Waals surface area (Å²) in [5, 5.41) is 0. The summed E-state index contributed by atoms with van der Waals surface area (Å²) < 4.78 is 5.10. The summed E-state index contributed by atoms with van der Waals surface area (Å²) in [4.78, 5) is 4.44. The van der Waals surface area contributed by atoms with Crippen molar-refractivity contribution < 1.29 is 4.74 Å². The first-order valence-electron chi connectivity index (χ1n) is 5.70. The van der Waals surface area contributed by atoms with Gasteiger partial charge in [0, 0.05) is 11.6 Å². The molecule has 0 amide bonds. The van der Waals surface area contributed by atoms with Gasteiger partial charge in [0.1, 0.15) is 5.75 Å². The van der Waals surface area contributed by atoms with E-state index in [1.807, 2.05) is 12.3 Å². The van der Waals surface area contributed by atoms with Gasteiger partial charge in [0.05, 0.1) is 13.3 Å². The topological polar surface area (TPSA) is 22.1 Å². The van der Waals surface area contributed by atoms with E-state index in [1.54, 1.807) is 7.11 Å². The lowest BCUT2D eigenvalue weighted by Gasteiger charge is -2.04.